The third kappa shape index (κ3) is 8.39. The zero-order chi connectivity index (χ0) is 21.0. The van der Waals surface area contributed by atoms with E-state index < -0.39 is 5.79 Å². The van der Waals surface area contributed by atoms with E-state index in [9.17, 15) is 9.90 Å². The molecule has 0 radical (unpaired) electrons. The quantitative estimate of drug-likeness (QED) is 0.243. The van der Waals surface area contributed by atoms with Crippen molar-refractivity contribution in [3.05, 3.63) is 12.2 Å². The molecule has 5 nitrogen and oxygen atoms in total. The fourth-order valence-electron chi connectivity index (χ4n) is 4.81. The molecule has 5 heteroatoms. The number of unbranched alkanes of at least 4 members (excludes halogenated alkanes) is 4. The fraction of sp³-hybridized carbons (Fsp3) is 0.875. The third-order valence-electron chi connectivity index (χ3n) is 6.60. The monoisotopic (exact) mass is 410 g/mol. The Hall–Kier alpha value is -0.910. The highest BCUT2D eigenvalue weighted by Gasteiger charge is 2.40. The Morgan fingerprint density at radius 3 is 2.62 bits per heavy atom. The maximum Gasteiger partial charge on any atom is 0.305 e. The van der Waals surface area contributed by atoms with Gasteiger partial charge in [0.2, 0.25) is 0 Å². The van der Waals surface area contributed by atoms with Crippen molar-refractivity contribution >= 4 is 5.97 Å². The predicted octanol–water partition coefficient (Wildman–Crippen LogP) is 5.16. The summed E-state index contributed by atoms with van der Waals surface area (Å²) in [5, 5.41) is 10.5. The molecule has 1 saturated carbocycles. The lowest BCUT2D eigenvalue weighted by Crippen LogP contribution is -2.32. The van der Waals surface area contributed by atoms with Crippen molar-refractivity contribution in [1.29, 1.82) is 0 Å². The Balaban J connectivity index is 1.72. The van der Waals surface area contributed by atoms with E-state index in [1.165, 1.54) is 20.0 Å². The highest BCUT2D eigenvalue weighted by Crippen LogP contribution is 2.41. The van der Waals surface area contributed by atoms with Crippen LogP contribution < -0.4 is 0 Å². The molecule has 168 valence electrons. The summed E-state index contributed by atoms with van der Waals surface area (Å²) >= 11 is 0. The van der Waals surface area contributed by atoms with Crippen LogP contribution in [0, 0.1) is 11.8 Å². The molecule has 3 atom stereocenters. The summed E-state index contributed by atoms with van der Waals surface area (Å²) in [6.45, 7) is 3.61. The van der Waals surface area contributed by atoms with E-state index in [1.54, 1.807) is 0 Å². The van der Waals surface area contributed by atoms with Gasteiger partial charge in [-0.2, -0.15) is 0 Å². The lowest BCUT2D eigenvalue weighted by molar-refractivity contribution is -0.171. The topological polar surface area (TPSA) is 65.0 Å². The Kier molecular flexibility index (Phi) is 11.3. The number of aliphatic hydroxyl groups excluding tert-OH is 1. The molecule has 0 aromatic carbocycles. The minimum Gasteiger partial charge on any atom is -0.469 e. The van der Waals surface area contributed by atoms with Crippen LogP contribution in [-0.4, -0.2) is 43.3 Å². The number of hydrogen-bond acceptors (Lipinski definition) is 5. The summed E-state index contributed by atoms with van der Waals surface area (Å²) in [4.78, 5) is 11.1. The molecule has 2 aliphatic rings. The first-order valence-corrected chi connectivity index (χ1v) is 11.8. The van der Waals surface area contributed by atoms with Gasteiger partial charge in [0.05, 0.1) is 26.4 Å². The van der Waals surface area contributed by atoms with Crippen molar-refractivity contribution in [2.45, 2.75) is 102 Å². The van der Waals surface area contributed by atoms with E-state index in [1.807, 2.05) is 0 Å². The molecule has 1 heterocycles. The second-order valence-electron chi connectivity index (χ2n) is 8.70. The van der Waals surface area contributed by atoms with Gasteiger partial charge in [-0.05, 0) is 63.2 Å². The number of rotatable bonds is 14. The molecule has 0 spiro atoms. The molecule has 1 saturated heterocycles. The Morgan fingerprint density at radius 1 is 1.10 bits per heavy atom. The largest absolute Gasteiger partial charge is 0.469 e. The summed E-state index contributed by atoms with van der Waals surface area (Å²) in [5.41, 5.74) is 0. The first-order valence-electron chi connectivity index (χ1n) is 11.8. The van der Waals surface area contributed by atoms with Gasteiger partial charge in [-0.1, -0.05) is 31.9 Å². The van der Waals surface area contributed by atoms with Gasteiger partial charge < -0.3 is 19.3 Å². The molecule has 0 aromatic heterocycles. The number of allylic oxidation sites excluding steroid dienone is 2. The van der Waals surface area contributed by atoms with E-state index in [0.29, 0.717) is 31.5 Å². The molecular formula is C24H42O5. The fourth-order valence-corrected chi connectivity index (χ4v) is 4.81. The number of carbonyl (C=O) groups excluding carboxylic acids is 1. The molecular weight excluding hydrogens is 368 g/mol. The predicted molar refractivity (Wildman–Crippen MR) is 114 cm³/mol. The number of esters is 1. The molecule has 1 unspecified atom stereocenters. The normalized spacial score (nSPS) is 26.4. The Morgan fingerprint density at radius 2 is 1.90 bits per heavy atom. The summed E-state index contributed by atoms with van der Waals surface area (Å²) in [5.74, 6) is 0.358. The van der Waals surface area contributed by atoms with Crippen LogP contribution in [0.2, 0.25) is 0 Å². The summed E-state index contributed by atoms with van der Waals surface area (Å²) in [7, 11) is 1.44. The summed E-state index contributed by atoms with van der Waals surface area (Å²) in [6.07, 6.45) is 17.2. The maximum atomic E-state index is 11.1. The number of carbonyl (C=O) groups is 1. The van der Waals surface area contributed by atoms with Crippen LogP contribution in [0.15, 0.2) is 12.2 Å². The zero-order valence-electron chi connectivity index (χ0n) is 18.6. The lowest BCUT2D eigenvalue weighted by Gasteiger charge is -2.30. The van der Waals surface area contributed by atoms with Gasteiger partial charge in [-0.3, -0.25) is 4.79 Å². The van der Waals surface area contributed by atoms with Crippen molar-refractivity contribution in [2.24, 2.45) is 11.8 Å². The number of hydrogen-bond donors (Lipinski definition) is 1. The van der Waals surface area contributed by atoms with Gasteiger partial charge in [0.15, 0.2) is 5.79 Å². The average Bonchev–Trinajstić information content (AvgIpc) is 3.33. The van der Waals surface area contributed by atoms with Gasteiger partial charge in [-0.25, -0.2) is 0 Å². The van der Waals surface area contributed by atoms with Crippen molar-refractivity contribution in [3.8, 4) is 0 Å². The van der Waals surface area contributed by atoms with Crippen molar-refractivity contribution in [3.63, 3.8) is 0 Å². The number of ether oxygens (including phenoxy) is 3. The first-order chi connectivity index (χ1) is 14.1. The van der Waals surface area contributed by atoms with Crippen LogP contribution in [0.4, 0.5) is 0 Å². The van der Waals surface area contributed by atoms with Crippen molar-refractivity contribution in [2.75, 3.05) is 20.3 Å². The van der Waals surface area contributed by atoms with Gasteiger partial charge >= 0.3 is 5.97 Å². The molecule has 1 aliphatic carbocycles. The molecule has 1 aliphatic heterocycles. The second-order valence-corrected chi connectivity index (χ2v) is 8.70. The number of aliphatic hydroxyl groups is 1. The van der Waals surface area contributed by atoms with Crippen molar-refractivity contribution in [1.82, 2.24) is 0 Å². The average molecular weight is 411 g/mol. The lowest BCUT2D eigenvalue weighted by atomic mass is 9.85. The van der Waals surface area contributed by atoms with Crippen LogP contribution in [0.25, 0.3) is 0 Å². The first kappa shape index (κ1) is 24.4. The van der Waals surface area contributed by atoms with Crippen LogP contribution in [0.5, 0.6) is 0 Å². The third-order valence-corrected chi connectivity index (χ3v) is 6.60. The zero-order valence-corrected chi connectivity index (χ0v) is 18.6. The SMILES string of the molecule is CCCCCC1(CC[C@@H]2C(C/C=C\CCCCC(=O)OC)CC[C@@H]2O)OCCO1. The molecule has 29 heavy (non-hydrogen) atoms. The van der Waals surface area contributed by atoms with Crippen LogP contribution in [0.3, 0.4) is 0 Å². The number of methoxy groups -OCH3 is 1. The smallest absolute Gasteiger partial charge is 0.305 e. The van der Waals surface area contributed by atoms with Crippen molar-refractivity contribution < 1.29 is 24.1 Å². The van der Waals surface area contributed by atoms with Gasteiger partial charge in [0.1, 0.15) is 0 Å². The molecule has 2 rings (SSSR count). The second kappa shape index (κ2) is 13.4. The standard InChI is InChI=1S/C24H42O5/c1-3-4-10-16-24(28-18-19-29-24)17-15-21-20(13-14-22(21)25)11-8-6-5-7-9-12-23(26)27-2/h6,8,20-22,25H,3-5,7,9-19H2,1-2H3/b8-6-/t20?,21-,22+/m1/s1. The van der Waals surface area contributed by atoms with E-state index in [0.717, 1.165) is 64.2 Å². The molecule has 0 aromatic rings. The van der Waals surface area contributed by atoms with E-state index in [4.69, 9.17) is 9.47 Å². The summed E-state index contributed by atoms with van der Waals surface area (Å²) < 4.78 is 16.7. The van der Waals surface area contributed by atoms with Crippen LogP contribution in [-0.2, 0) is 19.0 Å². The molecule has 2 fully saturated rings. The van der Waals surface area contributed by atoms with Gasteiger partial charge in [0.25, 0.3) is 0 Å². The molecule has 0 amide bonds. The summed E-state index contributed by atoms with van der Waals surface area (Å²) in [6, 6.07) is 0. The van der Waals surface area contributed by atoms with Gasteiger partial charge in [-0.15, -0.1) is 0 Å². The van der Waals surface area contributed by atoms with Crippen LogP contribution >= 0.6 is 0 Å². The van der Waals surface area contributed by atoms with Crippen LogP contribution in [0.1, 0.15) is 90.4 Å². The minimum absolute atomic E-state index is 0.126. The highest BCUT2D eigenvalue weighted by atomic mass is 16.7. The molecule has 0 bridgehead atoms. The van der Waals surface area contributed by atoms with Gasteiger partial charge in [0, 0.05) is 19.3 Å². The Labute approximate surface area is 177 Å². The van der Waals surface area contributed by atoms with E-state index in [2.05, 4.69) is 23.8 Å². The maximum absolute atomic E-state index is 11.1. The van der Waals surface area contributed by atoms with E-state index in [-0.39, 0.29) is 12.1 Å². The molecule has 1 N–H and O–H groups in total. The minimum atomic E-state index is -0.405. The Bertz CT molecular complexity index is 484. The van der Waals surface area contributed by atoms with E-state index >= 15 is 0 Å². The highest BCUT2D eigenvalue weighted by molar-refractivity contribution is 5.68.